The van der Waals surface area contributed by atoms with Crippen molar-refractivity contribution in [1.29, 1.82) is 0 Å². The first kappa shape index (κ1) is 24.1. The summed E-state index contributed by atoms with van der Waals surface area (Å²) in [5.74, 6) is 0.576. The first-order valence-electron chi connectivity index (χ1n) is 12.8. The van der Waals surface area contributed by atoms with Crippen molar-refractivity contribution in [3.63, 3.8) is 0 Å². The van der Waals surface area contributed by atoms with E-state index < -0.39 is 23.5 Å². The minimum absolute atomic E-state index is 0.0440. The normalized spacial score (nSPS) is 24.3. The molecule has 1 N–H and O–H groups in total. The highest BCUT2D eigenvalue weighted by Crippen LogP contribution is 2.44. The van der Waals surface area contributed by atoms with Crippen LogP contribution in [0.25, 0.3) is 6.08 Å². The van der Waals surface area contributed by atoms with Gasteiger partial charge in [0, 0.05) is 5.92 Å². The third-order valence-corrected chi connectivity index (χ3v) is 7.34. The molecule has 0 spiro atoms. The van der Waals surface area contributed by atoms with Crippen LogP contribution in [0.2, 0.25) is 0 Å². The van der Waals surface area contributed by atoms with Gasteiger partial charge in [0.2, 0.25) is 0 Å². The van der Waals surface area contributed by atoms with Gasteiger partial charge in [0.25, 0.3) is 11.8 Å². The second kappa shape index (κ2) is 9.79. The standard InChI is InChI=1S/C27H32N4O5/c1-3-12-27(13-4-2)25(33)30(26(34)28-27)17-22(32)31-24(21-11-7-15-36-21)20-10-5-8-18(23(20)29-31)16-19-9-6-14-35-19/h6-7,9,11,14-16,20,24H,3-5,8,10,12-13,17H2,1-2H3,(H,28,34)/b18-16+/t20-,24+/m0/s1. The molecule has 2 aromatic rings. The predicted octanol–water partition coefficient (Wildman–Crippen LogP) is 4.89. The first-order chi connectivity index (χ1) is 17.5. The Morgan fingerprint density at radius 3 is 2.58 bits per heavy atom. The molecular weight excluding hydrogens is 460 g/mol. The monoisotopic (exact) mass is 492 g/mol. The van der Waals surface area contributed by atoms with E-state index in [1.807, 2.05) is 38.1 Å². The van der Waals surface area contributed by atoms with Crippen LogP contribution in [0.1, 0.15) is 76.4 Å². The van der Waals surface area contributed by atoms with Gasteiger partial charge in [-0.05, 0) is 68.0 Å². The number of hydrazone groups is 1. The SMILES string of the molecule is CCCC1(CCC)NC(=O)N(CC(=O)N2N=C3/C(=C/c4ccco4)CCC[C@@H]3[C@@H]2c2ccco2)C1=O. The van der Waals surface area contributed by atoms with E-state index in [-0.39, 0.29) is 18.4 Å². The van der Waals surface area contributed by atoms with Gasteiger partial charge < -0.3 is 14.2 Å². The number of fused-ring (bicyclic) bond motifs is 1. The third kappa shape index (κ3) is 4.16. The van der Waals surface area contributed by atoms with Crippen molar-refractivity contribution in [3.8, 4) is 0 Å². The number of carbonyl (C=O) groups is 3. The maximum atomic E-state index is 13.7. The lowest BCUT2D eigenvalue weighted by atomic mass is 9.79. The van der Waals surface area contributed by atoms with Crippen LogP contribution in [-0.2, 0) is 9.59 Å². The van der Waals surface area contributed by atoms with Crippen LogP contribution < -0.4 is 5.32 Å². The summed E-state index contributed by atoms with van der Waals surface area (Å²) in [6, 6.07) is 6.40. The second-order valence-electron chi connectivity index (χ2n) is 9.77. The Bertz CT molecular complexity index is 1170. The van der Waals surface area contributed by atoms with Gasteiger partial charge in [0.1, 0.15) is 29.6 Å². The van der Waals surface area contributed by atoms with E-state index in [1.54, 1.807) is 18.6 Å². The van der Waals surface area contributed by atoms with Crippen LogP contribution >= 0.6 is 0 Å². The van der Waals surface area contributed by atoms with Crippen molar-refractivity contribution in [2.24, 2.45) is 11.0 Å². The lowest BCUT2D eigenvalue weighted by Crippen LogP contribution is -2.47. The van der Waals surface area contributed by atoms with Crippen molar-refractivity contribution < 1.29 is 23.2 Å². The third-order valence-electron chi connectivity index (χ3n) is 7.34. The Morgan fingerprint density at radius 2 is 1.92 bits per heavy atom. The molecular formula is C27H32N4O5. The molecule has 190 valence electrons. The van der Waals surface area contributed by atoms with Crippen LogP contribution in [0.5, 0.6) is 0 Å². The van der Waals surface area contributed by atoms with E-state index >= 15 is 0 Å². The molecule has 0 unspecified atom stereocenters. The number of allylic oxidation sites excluding steroid dienone is 1. The van der Waals surface area contributed by atoms with Crippen LogP contribution in [0.3, 0.4) is 0 Å². The van der Waals surface area contributed by atoms with Crippen molar-refractivity contribution in [3.05, 3.63) is 53.9 Å². The van der Waals surface area contributed by atoms with Gasteiger partial charge in [-0.3, -0.25) is 14.5 Å². The Hall–Kier alpha value is -3.62. The fraction of sp³-hybridized carbons (Fsp3) is 0.481. The van der Waals surface area contributed by atoms with Gasteiger partial charge in [-0.1, -0.05) is 26.7 Å². The molecule has 36 heavy (non-hydrogen) atoms. The molecule has 2 fully saturated rings. The Morgan fingerprint density at radius 1 is 1.17 bits per heavy atom. The molecule has 1 saturated heterocycles. The number of rotatable bonds is 8. The molecule has 4 heterocycles. The van der Waals surface area contributed by atoms with E-state index in [4.69, 9.17) is 13.9 Å². The summed E-state index contributed by atoms with van der Waals surface area (Å²) in [6.07, 6.45) is 10.4. The number of carbonyl (C=O) groups excluding carboxylic acids is 3. The van der Waals surface area contributed by atoms with Gasteiger partial charge in [0.05, 0.1) is 18.2 Å². The number of hydrogen-bond acceptors (Lipinski definition) is 6. The summed E-state index contributed by atoms with van der Waals surface area (Å²) in [6.45, 7) is 3.60. The van der Waals surface area contributed by atoms with Crippen molar-refractivity contribution in [2.75, 3.05) is 6.54 Å². The van der Waals surface area contributed by atoms with Crippen LogP contribution in [-0.4, -0.2) is 45.5 Å². The van der Waals surface area contributed by atoms with Gasteiger partial charge in [0.15, 0.2) is 0 Å². The Balaban J connectivity index is 1.44. The number of hydrogen-bond donors (Lipinski definition) is 1. The lowest BCUT2D eigenvalue weighted by molar-refractivity contribution is -0.140. The number of nitrogens with zero attached hydrogens (tertiary/aromatic N) is 3. The average Bonchev–Trinajstić information content (AvgIpc) is 3.65. The molecule has 1 saturated carbocycles. The number of imide groups is 1. The Labute approximate surface area is 210 Å². The van der Waals surface area contributed by atoms with Crippen LogP contribution in [0, 0.1) is 5.92 Å². The highest BCUT2D eigenvalue weighted by molar-refractivity contribution is 6.10. The molecule has 9 heteroatoms. The molecule has 2 aliphatic heterocycles. The fourth-order valence-corrected chi connectivity index (χ4v) is 5.84. The average molecular weight is 493 g/mol. The minimum atomic E-state index is -0.939. The summed E-state index contributed by atoms with van der Waals surface area (Å²) in [7, 11) is 0. The molecule has 9 nitrogen and oxygen atoms in total. The number of furan rings is 2. The first-order valence-corrected chi connectivity index (χ1v) is 12.8. The van der Waals surface area contributed by atoms with Crippen molar-refractivity contribution >= 4 is 29.6 Å². The summed E-state index contributed by atoms with van der Waals surface area (Å²) < 4.78 is 11.2. The maximum Gasteiger partial charge on any atom is 0.325 e. The molecule has 2 aromatic heterocycles. The highest BCUT2D eigenvalue weighted by atomic mass is 16.3. The van der Waals surface area contributed by atoms with E-state index in [2.05, 4.69) is 5.32 Å². The summed E-state index contributed by atoms with van der Waals surface area (Å²) >= 11 is 0. The number of amides is 4. The second-order valence-corrected chi connectivity index (χ2v) is 9.77. The zero-order valence-corrected chi connectivity index (χ0v) is 20.7. The smallest absolute Gasteiger partial charge is 0.325 e. The minimum Gasteiger partial charge on any atom is -0.467 e. The predicted molar refractivity (Wildman–Crippen MR) is 133 cm³/mol. The highest BCUT2D eigenvalue weighted by Gasteiger charge is 2.52. The van der Waals surface area contributed by atoms with E-state index in [1.165, 1.54) is 5.01 Å². The number of urea groups is 1. The van der Waals surface area contributed by atoms with Gasteiger partial charge in [-0.15, -0.1) is 0 Å². The van der Waals surface area contributed by atoms with Gasteiger partial charge >= 0.3 is 6.03 Å². The molecule has 3 aliphatic rings. The summed E-state index contributed by atoms with van der Waals surface area (Å²) in [5.41, 5.74) is 0.911. The van der Waals surface area contributed by atoms with E-state index in [9.17, 15) is 14.4 Å². The Kier molecular flexibility index (Phi) is 6.55. The van der Waals surface area contributed by atoms with Gasteiger partial charge in [-0.25, -0.2) is 9.80 Å². The van der Waals surface area contributed by atoms with Crippen molar-refractivity contribution in [1.82, 2.24) is 15.2 Å². The van der Waals surface area contributed by atoms with E-state index in [0.29, 0.717) is 18.6 Å². The van der Waals surface area contributed by atoms with Crippen LogP contribution in [0.15, 0.2) is 56.3 Å². The number of nitrogens with one attached hydrogen (secondary N) is 1. The van der Waals surface area contributed by atoms with Gasteiger partial charge in [-0.2, -0.15) is 5.10 Å². The molecule has 0 bridgehead atoms. The molecule has 0 radical (unpaired) electrons. The maximum absolute atomic E-state index is 13.7. The largest absolute Gasteiger partial charge is 0.467 e. The molecule has 1 aliphatic carbocycles. The molecule has 2 atom stereocenters. The fourth-order valence-electron chi connectivity index (χ4n) is 5.84. The zero-order valence-electron chi connectivity index (χ0n) is 20.7. The van der Waals surface area contributed by atoms with Crippen LogP contribution in [0.4, 0.5) is 4.79 Å². The quantitative estimate of drug-likeness (QED) is 0.528. The topological polar surface area (TPSA) is 108 Å². The van der Waals surface area contributed by atoms with E-state index in [0.717, 1.165) is 54.0 Å². The zero-order chi connectivity index (χ0) is 25.3. The summed E-state index contributed by atoms with van der Waals surface area (Å²) in [5, 5.41) is 9.07. The lowest BCUT2D eigenvalue weighted by Gasteiger charge is -2.28. The molecule has 5 rings (SSSR count). The molecule has 0 aromatic carbocycles. The summed E-state index contributed by atoms with van der Waals surface area (Å²) in [4.78, 5) is 40.9. The molecule has 4 amide bonds. The van der Waals surface area contributed by atoms with Crippen molar-refractivity contribution in [2.45, 2.75) is 70.4 Å².